The van der Waals surface area contributed by atoms with Crippen LogP contribution >= 0.6 is 0 Å². The molecule has 0 aromatic heterocycles. The summed E-state index contributed by atoms with van der Waals surface area (Å²) in [4.78, 5) is 29.3. The summed E-state index contributed by atoms with van der Waals surface area (Å²) < 4.78 is 5.88. The zero-order valence-corrected chi connectivity index (χ0v) is 21.6. The Kier molecular flexibility index (Phi) is 7.40. The summed E-state index contributed by atoms with van der Waals surface area (Å²) in [7, 11) is 0. The number of para-hydroxylation sites is 2. The molecule has 0 unspecified atom stereocenters. The molecule has 0 radical (unpaired) electrons. The monoisotopic (exact) mass is 494 g/mol. The van der Waals surface area contributed by atoms with E-state index in [0.717, 1.165) is 46.8 Å². The zero-order chi connectivity index (χ0) is 25.8. The number of hydrogen-bond donors (Lipinski definition) is 1. The van der Waals surface area contributed by atoms with Crippen molar-refractivity contribution in [3.8, 4) is 5.75 Å². The molecule has 1 N–H and O–H groups in total. The van der Waals surface area contributed by atoms with E-state index in [0.29, 0.717) is 31.4 Å². The Bertz CT molecular complexity index is 1300. The lowest BCUT2D eigenvalue weighted by Crippen LogP contribution is -2.38. The van der Waals surface area contributed by atoms with E-state index in [1.54, 1.807) is 0 Å². The quantitative estimate of drug-likeness (QED) is 0.354. The Morgan fingerprint density at radius 2 is 1.65 bits per heavy atom. The van der Waals surface area contributed by atoms with Crippen molar-refractivity contribution in [3.63, 3.8) is 0 Å². The number of carbonyl (C=O) groups is 2. The van der Waals surface area contributed by atoms with E-state index in [4.69, 9.17) is 4.74 Å². The van der Waals surface area contributed by atoms with Crippen LogP contribution in [0.2, 0.25) is 0 Å². The number of hydrogen-bond acceptors (Lipinski definition) is 4. The lowest BCUT2D eigenvalue weighted by molar-refractivity contribution is -0.119. The van der Waals surface area contributed by atoms with Gasteiger partial charge in [0.1, 0.15) is 5.75 Å². The zero-order valence-electron chi connectivity index (χ0n) is 21.6. The predicted molar refractivity (Wildman–Crippen MR) is 148 cm³/mol. The van der Waals surface area contributed by atoms with Gasteiger partial charge in [0, 0.05) is 24.1 Å². The van der Waals surface area contributed by atoms with E-state index in [2.05, 4.69) is 24.4 Å². The number of allylic oxidation sites excluding steroid dienone is 1. The fourth-order valence-corrected chi connectivity index (χ4v) is 5.39. The summed E-state index contributed by atoms with van der Waals surface area (Å²) in [5.41, 5.74) is 5.29. The average molecular weight is 495 g/mol. The van der Waals surface area contributed by atoms with Gasteiger partial charge in [0.15, 0.2) is 5.78 Å². The van der Waals surface area contributed by atoms with Crippen LogP contribution in [0.25, 0.3) is 0 Å². The minimum absolute atomic E-state index is 0.0192. The van der Waals surface area contributed by atoms with Crippen molar-refractivity contribution >= 4 is 23.1 Å². The van der Waals surface area contributed by atoms with Gasteiger partial charge in [-0.25, -0.2) is 0 Å². The van der Waals surface area contributed by atoms with Gasteiger partial charge in [0.25, 0.3) is 0 Å². The number of nitrogens with zero attached hydrogens (tertiary/aromatic N) is 1. The van der Waals surface area contributed by atoms with E-state index in [1.807, 2.05) is 78.6 Å². The summed E-state index contributed by atoms with van der Waals surface area (Å²) in [5, 5.41) is 3.59. The molecule has 37 heavy (non-hydrogen) atoms. The fraction of sp³-hybridized carbons (Fsp3) is 0.312. The van der Waals surface area contributed by atoms with E-state index in [-0.39, 0.29) is 17.6 Å². The highest BCUT2D eigenvalue weighted by atomic mass is 16.5. The highest BCUT2D eigenvalue weighted by Crippen LogP contribution is 2.47. The van der Waals surface area contributed by atoms with Gasteiger partial charge in [-0.05, 0) is 54.2 Å². The number of fused-ring (bicyclic) bond motifs is 1. The van der Waals surface area contributed by atoms with Crippen LogP contribution in [0.15, 0.2) is 90.1 Å². The molecule has 3 aromatic rings. The smallest absolute Gasteiger partial charge is 0.227 e. The third-order valence-corrected chi connectivity index (χ3v) is 7.29. The Morgan fingerprint density at radius 3 is 2.38 bits per heavy atom. The first-order valence-electron chi connectivity index (χ1n) is 13.3. The Hall–Kier alpha value is -3.86. The van der Waals surface area contributed by atoms with Crippen molar-refractivity contribution in [1.29, 1.82) is 0 Å². The summed E-state index contributed by atoms with van der Waals surface area (Å²) in [6, 6.07) is 25.5. The second-order valence-electron chi connectivity index (χ2n) is 9.76. The molecule has 3 aromatic carbocycles. The van der Waals surface area contributed by atoms with Crippen molar-refractivity contribution in [2.75, 3.05) is 16.8 Å². The number of Topliss-reactive ketones (excluding diaryl/α,β-unsaturated/α-hetero) is 1. The van der Waals surface area contributed by atoms with E-state index >= 15 is 0 Å². The van der Waals surface area contributed by atoms with E-state index in [9.17, 15) is 9.59 Å². The van der Waals surface area contributed by atoms with Gasteiger partial charge in [0.2, 0.25) is 5.91 Å². The number of carbonyl (C=O) groups excluding carboxylic acids is 2. The number of benzene rings is 3. The maximum Gasteiger partial charge on any atom is 0.227 e. The minimum atomic E-state index is -0.507. The van der Waals surface area contributed by atoms with Gasteiger partial charge < -0.3 is 10.1 Å². The number of rotatable bonds is 7. The highest BCUT2D eigenvalue weighted by Gasteiger charge is 2.41. The number of anilines is 2. The normalized spacial score (nSPS) is 19.0. The molecule has 5 nitrogen and oxygen atoms in total. The number of ketones is 1. The lowest BCUT2D eigenvalue weighted by Gasteiger charge is -2.35. The van der Waals surface area contributed by atoms with Crippen molar-refractivity contribution in [3.05, 3.63) is 101 Å². The van der Waals surface area contributed by atoms with Crippen LogP contribution in [0.3, 0.4) is 0 Å². The second-order valence-corrected chi connectivity index (χ2v) is 9.76. The predicted octanol–water partition coefficient (Wildman–Crippen LogP) is 7.18. The first-order chi connectivity index (χ1) is 18.1. The maximum absolute atomic E-state index is 13.9. The first-order valence-corrected chi connectivity index (χ1v) is 13.3. The van der Waals surface area contributed by atoms with Gasteiger partial charge in [-0.2, -0.15) is 0 Å². The standard InChI is InChI=1S/C32H34N2O3/c1-3-5-19-37-25-17-15-23(16-18-25)32-31-27(20-24(21-29(31)35)22-11-7-6-8-12-22)33-26-13-9-10-14-28(26)34(32)30(36)4-2/h6-18,24,32-33H,3-5,19-21H2,1-2H3/t24-,32-/m0/s1. The minimum Gasteiger partial charge on any atom is -0.494 e. The van der Waals surface area contributed by atoms with Gasteiger partial charge in [-0.15, -0.1) is 0 Å². The Morgan fingerprint density at radius 1 is 0.919 bits per heavy atom. The third-order valence-electron chi connectivity index (χ3n) is 7.29. The van der Waals surface area contributed by atoms with Crippen LogP contribution < -0.4 is 15.0 Å². The van der Waals surface area contributed by atoms with Crippen LogP contribution in [0.4, 0.5) is 11.4 Å². The largest absolute Gasteiger partial charge is 0.494 e. The molecular formula is C32H34N2O3. The molecule has 1 amide bonds. The average Bonchev–Trinajstić information content (AvgIpc) is 3.08. The molecule has 5 heteroatoms. The molecule has 0 bridgehead atoms. The maximum atomic E-state index is 13.9. The molecule has 0 saturated carbocycles. The number of amides is 1. The molecule has 0 spiro atoms. The Balaban J connectivity index is 1.62. The van der Waals surface area contributed by atoms with Crippen molar-refractivity contribution in [1.82, 2.24) is 0 Å². The molecule has 190 valence electrons. The molecular weight excluding hydrogens is 460 g/mol. The van der Waals surface area contributed by atoms with Crippen LogP contribution in [-0.4, -0.2) is 18.3 Å². The van der Waals surface area contributed by atoms with E-state index < -0.39 is 6.04 Å². The van der Waals surface area contributed by atoms with Crippen LogP contribution in [0, 0.1) is 0 Å². The summed E-state index contributed by atoms with van der Waals surface area (Å²) in [6.07, 6.45) is 3.54. The van der Waals surface area contributed by atoms with E-state index in [1.165, 1.54) is 0 Å². The van der Waals surface area contributed by atoms with Gasteiger partial charge in [-0.3, -0.25) is 14.5 Å². The van der Waals surface area contributed by atoms with Crippen LogP contribution in [-0.2, 0) is 9.59 Å². The van der Waals surface area contributed by atoms with Gasteiger partial charge in [-0.1, -0.05) is 74.9 Å². The summed E-state index contributed by atoms with van der Waals surface area (Å²) >= 11 is 0. The van der Waals surface area contributed by atoms with Crippen LogP contribution in [0.5, 0.6) is 5.75 Å². The number of unbranched alkanes of at least 4 members (excludes halogenated alkanes) is 1. The van der Waals surface area contributed by atoms with Crippen LogP contribution in [0.1, 0.15) is 69.0 Å². The van der Waals surface area contributed by atoms with Gasteiger partial charge in [0.05, 0.1) is 24.0 Å². The summed E-state index contributed by atoms with van der Waals surface area (Å²) in [5.74, 6) is 0.952. The summed E-state index contributed by atoms with van der Waals surface area (Å²) in [6.45, 7) is 4.68. The molecule has 0 saturated heterocycles. The molecule has 1 heterocycles. The van der Waals surface area contributed by atoms with Crippen molar-refractivity contribution in [2.45, 2.75) is 57.9 Å². The topological polar surface area (TPSA) is 58.6 Å². The molecule has 2 aliphatic rings. The van der Waals surface area contributed by atoms with Crippen molar-refractivity contribution < 1.29 is 14.3 Å². The molecule has 0 fully saturated rings. The Labute approximate surface area is 219 Å². The molecule has 1 aliphatic heterocycles. The molecule has 1 aliphatic carbocycles. The first kappa shape index (κ1) is 24.8. The number of ether oxygens (including phenoxy) is 1. The molecule has 5 rings (SSSR count). The second kappa shape index (κ2) is 11.0. The fourth-order valence-electron chi connectivity index (χ4n) is 5.39. The SMILES string of the molecule is CCCCOc1ccc([C@H]2C3=C(C[C@H](c4ccccc4)CC3=O)Nc3ccccc3N2C(=O)CC)cc1. The van der Waals surface area contributed by atoms with Gasteiger partial charge >= 0.3 is 0 Å². The third kappa shape index (κ3) is 5.04. The number of nitrogens with one attached hydrogen (secondary N) is 1. The lowest BCUT2D eigenvalue weighted by atomic mass is 9.78. The highest BCUT2D eigenvalue weighted by molar-refractivity contribution is 6.06. The molecule has 2 atom stereocenters. The van der Waals surface area contributed by atoms with Crippen molar-refractivity contribution in [2.24, 2.45) is 0 Å².